The van der Waals surface area contributed by atoms with Crippen LogP contribution < -0.4 is 5.32 Å². The van der Waals surface area contributed by atoms with Crippen molar-refractivity contribution < 1.29 is 14.6 Å². The first kappa shape index (κ1) is 20.5. The second kappa shape index (κ2) is 8.14. The minimum Gasteiger partial charge on any atom is -0.396 e. The molecule has 2 aromatic heterocycles. The first-order chi connectivity index (χ1) is 13.9. The number of hydrogen-bond donors (Lipinski definition) is 3. The summed E-state index contributed by atoms with van der Waals surface area (Å²) in [6.07, 6.45) is 5.39. The van der Waals surface area contributed by atoms with E-state index in [1.807, 2.05) is 6.92 Å². The number of nitrogens with one attached hydrogen (secondary N) is 1. The molecule has 1 aliphatic heterocycles. The Morgan fingerprint density at radius 3 is 2.72 bits per heavy atom. The highest BCUT2D eigenvalue weighted by molar-refractivity contribution is 6.29. The van der Waals surface area contributed by atoms with Crippen molar-refractivity contribution in [1.82, 2.24) is 14.9 Å². The van der Waals surface area contributed by atoms with E-state index in [1.54, 1.807) is 12.3 Å². The zero-order chi connectivity index (χ0) is 20.6. The van der Waals surface area contributed by atoms with Crippen molar-refractivity contribution in [2.24, 2.45) is 5.41 Å². The Balaban J connectivity index is 1.48. The van der Waals surface area contributed by atoms with Crippen LogP contribution in [0.3, 0.4) is 0 Å². The van der Waals surface area contributed by atoms with Crippen LogP contribution in [0.4, 0.5) is 10.1 Å². The van der Waals surface area contributed by atoms with E-state index in [2.05, 4.69) is 20.2 Å². The van der Waals surface area contributed by atoms with Gasteiger partial charge < -0.3 is 15.5 Å². The number of rotatable bonds is 7. The SMILES string of the molecule is C[C@@H](CCO)Nc1cc(Cl)ncc1-c1ncc(CN2CC3(CC(O)C3)C2)cc1F. The number of nitrogens with zero attached hydrogens (tertiary/aromatic N) is 3. The molecule has 1 saturated carbocycles. The normalized spacial score (nSPS) is 19.6. The van der Waals surface area contributed by atoms with Crippen LogP contribution in [0, 0.1) is 11.2 Å². The number of halogens is 2. The predicted molar refractivity (Wildman–Crippen MR) is 110 cm³/mol. The summed E-state index contributed by atoms with van der Waals surface area (Å²) in [5, 5.41) is 22.2. The average Bonchev–Trinajstić information content (AvgIpc) is 2.60. The highest BCUT2D eigenvalue weighted by Gasteiger charge is 2.51. The smallest absolute Gasteiger partial charge is 0.149 e. The van der Waals surface area contributed by atoms with Crippen LogP contribution in [-0.4, -0.2) is 56.9 Å². The lowest BCUT2D eigenvalue weighted by molar-refractivity contribution is -0.131. The topological polar surface area (TPSA) is 81.5 Å². The Kier molecular flexibility index (Phi) is 5.75. The zero-order valence-corrected chi connectivity index (χ0v) is 17.2. The summed E-state index contributed by atoms with van der Waals surface area (Å²) in [6, 6.07) is 3.16. The highest BCUT2D eigenvalue weighted by atomic mass is 35.5. The second-order valence-electron chi connectivity index (χ2n) is 8.49. The van der Waals surface area contributed by atoms with E-state index >= 15 is 0 Å². The number of aliphatic hydroxyl groups excluding tert-OH is 2. The first-order valence-corrected chi connectivity index (χ1v) is 10.3. The monoisotopic (exact) mass is 420 g/mol. The molecule has 2 aromatic rings. The van der Waals surface area contributed by atoms with Crippen LogP contribution in [0.5, 0.6) is 0 Å². The molecular weight excluding hydrogens is 395 g/mol. The number of aliphatic hydroxyl groups is 2. The van der Waals surface area contributed by atoms with Gasteiger partial charge in [-0.15, -0.1) is 0 Å². The average molecular weight is 421 g/mol. The number of aromatic nitrogens is 2. The second-order valence-corrected chi connectivity index (χ2v) is 8.88. The molecule has 0 bridgehead atoms. The Labute approximate surface area is 174 Å². The van der Waals surface area contributed by atoms with Gasteiger partial charge in [0, 0.05) is 61.3 Å². The lowest BCUT2D eigenvalue weighted by atomic mass is 9.62. The van der Waals surface area contributed by atoms with Gasteiger partial charge in [-0.1, -0.05) is 11.6 Å². The fraction of sp³-hybridized carbons (Fsp3) is 0.524. The van der Waals surface area contributed by atoms with Gasteiger partial charge in [-0.25, -0.2) is 9.37 Å². The number of likely N-dealkylation sites (tertiary alicyclic amines) is 1. The van der Waals surface area contributed by atoms with E-state index < -0.39 is 5.82 Å². The van der Waals surface area contributed by atoms with Crippen molar-refractivity contribution in [2.75, 3.05) is 25.0 Å². The van der Waals surface area contributed by atoms with Gasteiger partial charge in [0.2, 0.25) is 0 Å². The molecule has 0 aromatic carbocycles. The molecule has 2 aliphatic rings. The summed E-state index contributed by atoms with van der Waals surface area (Å²) in [4.78, 5) is 10.7. The Morgan fingerprint density at radius 1 is 1.31 bits per heavy atom. The minimum absolute atomic E-state index is 0.0108. The summed E-state index contributed by atoms with van der Waals surface area (Å²) in [5.41, 5.74) is 2.50. The van der Waals surface area contributed by atoms with Crippen molar-refractivity contribution in [2.45, 2.75) is 44.9 Å². The summed E-state index contributed by atoms with van der Waals surface area (Å²) in [7, 11) is 0. The van der Waals surface area contributed by atoms with Crippen LogP contribution in [0.15, 0.2) is 24.5 Å². The lowest BCUT2D eigenvalue weighted by Gasteiger charge is -2.58. The molecular formula is C21H26ClFN4O2. The molecule has 4 rings (SSSR count). The predicted octanol–water partition coefficient (Wildman–Crippen LogP) is 3.08. The maximum atomic E-state index is 14.9. The van der Waals surface area contributed by atoms with Crippen LogP contribution in [0.1, 0.15) is 31.7 Å². The van der Waals surface area contributed by atoms with Crippen molar-refractivity contribution in [3.8, 4) is 11.3 Å². The third-order valence-electron chi connectivity index (χ3n) is 5.85. The summed E-state index contributed by atoms with van der Waals surface area (Å²) in [5.74, 6) is -0.404. The summed E-state index contributed by atoms with van der Waals surface area (Å²) < 4.78 is 14.9. The molecule has 156 valence electrons. The van der Waals surface area contributed by atoms with Crippen LogP contribution >= 0.6 is 11.6 Å². The molecule has 1 aliphatic carbocycles. The van der Waals surface area contributed by atoms with Crippen LogP contribution in [-0.2, 0) is 6.54 Å². The molecule has 29 heavy (non-hydrogen) atoms. The maximum Gasteiger partial charge on any atom is 0.149 e. The Hall–Kier alpha value is -1.80. The minimum atomic E-state index is -0.404. The van der Waals surface area contributed by atoms with Gasteiger partial charge in [0.15, 0.2) is 0 Å². The molecule has 3 N–H and O–H groups in total. The Morgan fingerprint density at radius 2 is 2.07 bits per heavy atom. The van der Waals surface area contributed by atoms with Crippen LogP contribution in [0.2, 0.25) is 5.15 Å². The fourth-order valence-corrected chi connectivity index (χ4v) is 4.66. The third-order valence-corrected chi connectivity index (χ3v) is 6.06. The fourth-order valence-electron chi connectivity index (χ4n) is 4.50. The summed E-state index contributed by atoms with van der Waals surface area (Å²) >= 11 is 6.02. The quantitative estimate of drug-likeness (QED) is 0.597. The van der Waals surface area contributed by atoms with E-state index in [4.69, 9.17) is 16.7 Å². The molecule has 6 nitrogen and oxygen atoms in total. The van der Waals surface area contributed by atoms with Crippen LogP contribution in [0.25, 0.3) is 11.3 Å². The number of anilines is 1. The van der Waals surface area contributed by atoms with Gasteiger partial charge in [0.1, 0.15) is 16.7 Å². The zero-order valence-electron chi connectivity index (χ0n) is 16.4. The summed E-state index contributed by atoms with van der Waals surface area (Å²) in [6.45, 7) is 4.54. The highest BCUT2D eigenvalue weighted by Crippen LogP contribution is 2.48. The van der Waals surface area contributed by atoms with E-state index in [-0.39, 0.29) is 29.9 Å². The molecule has 0 amide bonds. The Bertz CT molecular complexity index is 883. The molecule has 1 saturated heterocycles. The third kappa shape index (κ3) is 4.38. The van der Waals surface area contributed by atoms with Gasteiger partial charge in [0.05, 0.1) is 6.10 Å². The first-order valence-electron chi connectivity index (χ1n) is 9.96. The van der Waals surface area contributed by atoms with Crippen molar-refractivity contribution in [3.05, 3.63) is 41.1 Å². The van der Waals surface area contributed by atoms with Gasteiger partial charge in [-0.05, 0) is 43.9 Å². The standard InChI is InChI=1S/C21H26ClFN4O2/c1-13(2-3-28)26-18-5-19(22)24-9-16(18)20-17(23)4-14(8-25-20)10-27-11-21(12-27)6-15(29)7-21/h4-5,8-9,13,15,28-29H,2-3,6-7,10-12H2,1H3,(H,24,26)/t13-/m0/s1. The van der Waals surface area contributed by atoms with E-state index in [9.17, 15) is 9.50 Å². The van der Waals surface area contributed by atoms with Crippen molar-refractivity contribution in [3.63, 3.8) is 0 Å². The largest absolute Gasteiger partial charge is 0.396 e. The molecule has 3 heterocycles. The van der Waals surface area contributed by atoms with Crippen molar-refractivity contribution in [1.29, 1.82) is 0 Å². The molecule has 8 heteroatoms. The van der Waals surface area contributed by atoms with E-state index in [0.717, 1.165) is 31.5 Å². The number of pyridine rings is 2. The maximum absolute atomic E-state index is 14.9. The van der Waals surface area contributed by atoms with Gasteiger partial charge in [-0.2, -0.15) is 0 Å². The number of hydrogen-bond acceptors (Lipinski definition) is 6. The van der Waals surface area contributed by atoms with Crippen molar-refractivity contribution >= 4 is 17.3 Å². The van der Waals surface area contributed by atoms with Gasteiger partial charge in [-0.3, -0.25) is 9.88 Å². The van der Waals surface area contributed by atoms with E-state index in [1.165, 1.54) is 12.3 Å². The molecule has 1 spiro atoms. The van der Waals surface area contributed by atoms with E-state index in [0.29, 0.717) is 29.4 Å². The molecule has 0 radical (unpaired) electrons. The van der Waals surface area contributed by atoms with Gasteiger partial charge >= 0.3 is 0 Å². The molecule has 0 unspecified atom stereocenters. The van der Waals surface area contributed by atoms with Gasteiger partial charge in [0.25, 0.3) is 0 Å². The lowest BCUT2D eigenvalue weighted by Crippen LogP contribution is -2.63. The molecule has 2 fully saturated rings. The molecule has 1 atom stereocenters.